The summed E-state index contributed by atoms with van der Waals surface area (Å²) in [5, 5.41) is 0. The van der Waals surface area contributed by atoms with E-state index in [0.29, 0.717) is 5.92 Å². The molecule has 0 fully saturated rings. The number of ether oxygens (including phenoxy) is 1. The van der Waals surface area contributed by atoms with Crippen LogP contribution in [-0.4, -0.2) is 13.7 Å². The van der Waals surface area contributed by atoms with E-state index in [-0.39, 0.29) is 0 Å². The number of allylic oxidation sites excluding steroid dienone is 1. The maximum atomic E-state index is 5.57. The van der Waals surface area contributed by atoms with Crippen molar-refractivity contribution < 1.29 is 4.74 Å². The molecule has 0 radical (unpaired) electrons. The quantitative estimate of drug-likeness (QED) is 0.598. The first kappa shape index (κ1) is 10.5. The predicted octanol–water partition coefficient (Wildman–Crippen LogP) is 1.91. The van der Waals surface area contributed by atoms with Gasteiger partial charge >= 0.3 is 0 Å². The molecule has 0 heterocycles. The molecule has 0 aromatic heterocycles. The van der Waals surface area contributed by atoms with Crippen molar-refractivity contribution in [2.24, 2.45) is 11.7 Å². The van der Waals surface area contributed by atoms with Crippen molar-refractivity contribution in [1.82, 2.24) is 0 Å². The lowest BCUT2D eigenvalue weighted by molar-refractivity contribution is 0.258. The van der Waals surface area contributed by atoms with Gasteiger partial charge in [0.1, 0.15) is 0 Å². The highest BCUT2D eigenvalue weighted by atomic mass is 16.5. The Hall–Kier alpha value is -0.500. The van der Waals surface area contributed by atoms with Gasteiger partial charge in [0.25, 0.3) is 0 Å². The zero-order chi connectivity index (χ0) is 8.69. The standard InChI is InChI=1S/C9H19NO/c1-4-5-9(7-10)6-8(2)11-3/h9H,2,4-7,10H2,1,3H3. The number of rotatable bonds is 6. The van der Waals surface area contributed by atoms with E-state index in [9.17, 15) is 0 Å². The van der Waals surface area contributed by atoms with Crippen LogP contribution in [0.3, 0.4) is 0 Å². The summed E-state index contributed by atoms with van der Waals surface area (Å²) < 4.78 is 4.98. The topological polar surface area (TPSA) is 35.2 Å². The van der Waals surface area contributed by atoms with Crippen LogP contribution in [0.25, 0.3) is 0 Å². The molecule has 0 saturated carbocycles. The van der Waals surface area contributed by atoms with Crippen LogP contribution >= 0.6 is 0 Å². The van der Waals surface area contributed by atoms with Crippen LogP contribution in [-0.2, 0) is 4.74 Å². The van der Waals surface area contributed by atoms with Gasteiger partial charge in [-0.3, -0.25) is 0 Å². The summed E-state index contributed by atoms with van der Waals surface area (Å²) >= 11 is 0. The summed E-state index contributed by atoms with van der Waals surface area (Å²) in [7, 11) is 1.65. The minimum absolute atomic E-state index is 0.549. The van der Waals surface area contributed by atoms with Gasteiger partial charge in [-0.2, -0.15) is 0 Å². The molecule has 0 aliphatic rings. The van der Waals surface area contributed by atoms with Crippen molar-refractivity contribution in [1.29, 1.82) is 0 Å². The van der Waals surface area contributed by atoms with Gasteiger partial charge in [-0.05, 0) is 18.9 Å². The van der Waals surface area contributed by atoms with Gasteiger partial charge in [-0.1, -0.05) is 19.9 Å². The molecule has 0 aliphatic carbocycles. The van der Waals surface area contributed by atoms with E-state index in [2.05, 4.69) is 13.5 Å². The Bertz CT molecular complexity index is 112. The van der Waals surface area contributed by atoms with Crippen LogP contribution in [0.15, 0.2) is 12.3 Å². The highest BCUT2D eigenvalue weighted by molar-refractivity contribution is 4.84. The molecule has 0 aromatic rings. The van der Waals surface area contributed by atoms with Crippen molar-refractivity contribution in [3.63, 3.8) is 0 Å². The second-order valence-electron chi connectivity index (χ2n) is 2.84. The van der Waals surface area contributed by atoms with E-state index in [4.69, 9.17) is 10.5 Å². The molecular formula is C9H19NO. The molecule has 1 unspecified atom stereocenters. The highest BCUT2D eigenvalue weighted by Gasteiger charge is 2.06. The Morgan fingerprint density at radius 2 is 2.27 bits per heavy atom. The van der Waals surface area contributed by atoms with E-state index in [1.807, 2.05) is 0 Å². The molecule has 2 N–H and O–H groups in total. The minimum Gasteiger partial charge on any atom is -0.502 e. The number of hydrogen-bond donors (Lipinski definition) is 1. The van der Waals surface area contributed by atoms with Crippen LogP contribution < -0.4 is 5.73 Å². The van der Waals surface area contributed by atoms with Crippen molar-refractivity contribution in [2.75, 3.05) is 13.7 Å². The summed E-state index contributed by atoms with van der Waals surface area (Å²) in [5.41, 5.74) is 5.57. The summed E-state index contributed by atoms with van der Waals surface area (Å²) in [6.45, 7) is 6.66. The second kappa shape index (κ2) is 6.23. The number of hydrogen-bond acceptors (Lipinski definition) is 2. The van der Waals surface area contributed by atoms with E-state index < -0.39 is 0 Å². The third-order valence-corrected chi connectivity index (χ3v) is 1.84. The summed E-state index contributed by atoms with van der Waals surface area (Å²) in [6, 6.07) is 0. The maximum Gasteiger partial charge on any atom is 0.0887 e. The lowest BCUT2D eigenvalue weighted by Gasteiger charge is -2.13. The fraction of sp³-hybridized carbons (Fsp3) is 0.778. The van der Waals surface area contributed by atoms with Gasteiger partial charge in [-0.25, -0.2) is 0 Å². The summed E-state index contributed by atoms with van der Waals surface area (Å²) in [4.78, 5) is 0. The molecule has 0 bridgehead atoms. The first-order valence-corrected chi connectivity index (χ1v) is 4.16. The molecule has 0 aromatic carbocycles. The Labute approximate surface area is 69.4 Å². The third kappa shape index (κ3) is 4.85. The number of nitrogens with two attached hydrogens (primary N) is 1. The molecular weight excluding hydrogens is 138 g/mol. The fourth-order valence-electron chi connectivity index (χ4n) is 1.12. The molecule has 0 rings (SSSR count). The van der Waals surface area contributed by atoms with Gasteiger partial charge in [0.2, 0.25) is 0 Å². The van der Waals surface area contributed by atoms with E-state index in [1.54, 1.807) is 7.11 Å². The van der Waals surface area contributed by atoms with Crippen molar-refractivity contribution in [2.45, 2.75) is 26.2 Å². The molecule has 11 heavy (non-hydrogen) atoms. The molecule has 2 heteroatoms. The Balaban J connectivity index is 3.58. The molecule has 0 aliphatic heterocycles. The van der Waals surface area contributed by atoms with E-state index in [1.165, 1.54) is 12.8 Å². The predicted molar refractivity (Wildman–Crippen MR) is 48.2 cm³/mol. The first-order chi connectivity index (χ1) is 5.24. The van der Waals surface area contributed by atoms with Gasteiger partial charge in [0.15, 0.2) is 0 Å². The minimum atomic E-state index is 0.549. The molecule has 0 saturated heterocycles. The lowest BCUT2D eigenvalue weighted by Crippen LogP contribution is -2.14. The monoisotopic (exact) mass is 157 g/mol. The van der Waals surface area contributed by atoms with Crippen LogP contribution in [0.5, 0.6) is 0 Å². The van der Waals surface area contributed by atoms with Crippen LogP contribution in [0, 0.1) is 5.92 Å². The third-order valence-electron chi connectivity index (χ3n) is 1.84. The number of methoxy groups -OCH3 is 1. The van der Waals surface area contributed by atoms with Gasteiger partial charge < -0.3 is 10.5 Å². The van der Waals surface area contributed by atoms with Crippen LogP contribution in [0.1, 0.15) is 26.2 Å². The largest absolute Gasteiger partial charge is 0.502 e. The average molecular weight is 157 g/mol. The van der Waals surface area contributed by atoms with Crippen molar-refractivity contribution >= 4 is 0 Å². The molecule has 0 amide bonds. The molecule has 66 valence electrons. The highest BCUT2D eigenvalue weighted by Crippen LogP contribution is 2.14. The average Bonchev–Trinajstić information content (AvgIpc) is 2.03. The SMILES string of the molecule is C=C(CC(CN)CCC)OC. The van der Waals surface area contributed by atoms with Gasteiger partial charge in [0.05, 0.1) is 12.9 Å². The zero-order valence-electron chi connectivity index (χ0n) is 7.60. The molecule has 0 spiro atoms. The summed E-state index contributed by atoms with van der Waals surface area (Å²) in [6.07, 6.45) is 3.25. The van der Waals surface area contributed by atoms with E-state index >= 15 is 0 Å². The zero-order valence-corrected chi connectivity index (χ0v) is 7.60. The Kier molecular flexibility index (Phi) is 5.94. The van der Waals surface area contributed by atoms with E-state index in [0.717, 1.165) is 18.7 Å². The Morgan fingerprint density at radius 1 is 1.64 bits per heavy atom. The smallest absolute Gasteiger partial charge is 0.0887 e. The normalized spacial score (nSPS) is 12.6. The first-order valence-electron chi connectivity index (χ1n) is 4.16. The van der Waals surface area contributed by atoms with Crippen molar-refractivity contribution in [3.8, 4) is 0 Å². The summed E-state index contributed by atoms with van der Waals surface area (Å²) in [5.74, 6) is 1.39. The lowest BCUT2D eigenvalue weighted by atomic mass is 9.99. The van der Waals surface area contributed by atoms with Crippen LogP contribution in [0.4, 0.5) is 0 Å². The van der Waals surface area contributed by atoms with Gasteiger partial charge in [0, 0.05) is 6.42 Å². The fourth-order valence-corrected chi connectivity index (χ4v) is 1.12. The molecule has 1 atom stereocenters. The Morgan fingerprint density at radius 3 is 2.64 bits per heavy atom. The maximum absolute atomic E-state index is 5.57. The van der Waals surface area contributed by atoms with Gasteiger partial charge in [-0.15, -0.1) is 0 Å². The molecule has 2 nitrogen and oxygen atoms in total. The van der Waals surface area contributed by atoms with Crippen LogP contribution in [0.2, 0.25) is 0 Å². The van der Waals surface area contributed by atoms with Crippen molar-refractivity contribution in [3.05, 3.63) is 12.3 Å². The second-order valence-corrected chi connectivity index (χ2v) is 2.84.